The molecule has 2 rings (SSSR count). The summed E-state index contributed by atoms with van der Waals surface area (Å²) < 4.78 is 2.07. The quantitative estimate of drug-likeness (QED) is 0.787. The van der Waals surface area contributed by atoms with Crippen LogP contribution >= 0.6 is 15.9 Å². The molecule has 84 valence electrons. The molecule has 16 heavy (non-hydrogen) atoms. The zero-order valence-corrected chi connectivity index (χ0v) is 11.2. The van der Waals surface area contributed by atoms with Crippen LogP contribution in [-0.2, 0) is 11.9 Å². The molecule has 3 heteroatoms. The Morgan fingerprint density at radius 2 is 1.88 bits per heavy atom. The van der Waals surface area contributed by atoms with E-state index in [2.05, 4.69) is 63.8 Å². The van der Waals surface area contributed by atoms with E-state index in [1.807, 2.05) is 6.07 Å². The molecule has 1 heterocycles. The number of hydrogen-bond acceptors (Lipinski definition) is 1. The van der Waals surface area contributed by atoms with Crippen molar-refractivity contribution in [3.05, 3.63) is 52.8 Å². The highest BCUT2D eigenvalue weighted by atomic mass is 79.9. The van der Waals surface area contributed by atoms with Gasteiger partial charge in [-0.05, 0) is 19.4 Å². The first-order chi connectivity index (χ1) is 7.72. The van der Waals surface area contributed by atoms with Gasteiger partial charge >= 0.3 is 0 Å². The van der Waals surface area contributed by atoms with Crippen molar-refractivity contribution < 1.29 is 0 Å². The van der Waals surface area contributed by atoms with E-state index in [1.165, 1.54) is 16.8 Å². The minimum absolute atomic E-state index is 0.848. The lowest BCUT2D eigenvalue weighted by Crippen LogP contribution is -2.03. The minimum Gasteiger partial charge on any atom is -0.265 e. The predicted molar refractivity (Wildman–Crippen MR) is 69.9 cm³/mol. The lowest BCUT2D eigenvalue weighted by molar-refractivity contribution is 0.658. The highest BCUT2D eigenvalue weighted by molar-refractivity contribution is 9.08. The van der Waals surface area contributed by atoms with Gasteiger partial charge in [-0.2, -0.15) is 5.10 Å². The molecule has 0 radical (unpaired) electrons. The average molecular weight is 279 g/mol. The van der Waals surface area contributed by atoms with Crippen LogP contribution in [0.5, 0.6) is 0 Å². The molecule has 0 aliphatic rings. The fourth-order valence-corrected chi connectivity index (χ4v) is 2.65. The molecule has 0 aliphatic heterocycles. The van der Waals surface area contributed by atoms with Crippen LogP contribution in [0.1, 0.15) is 22.5 Å². The molecule has 0 amide bonds. The number of aryl methyl sites for hydroxylation is 1. The average Bonchev–Trinajstić information content (AvgIpc) is 2.55. The third kappa shape index (κ3) is 2.19. The first-order valence-electron chi connectivity index (χ1n) is 5.35. The molecular formula is C13H15BrN2. The molecule has 0 aliphatic carbocycles. The van der Waals surface area contributed by atoms with Crippen molar-refractivity contribution in [1.29, 1.82) is 0 Å². The maximum absolute atomic E-state index is 4.56. The SMILES string of the molecule is Cc1nn(Cc2ccccc2)c(C)c1CBr. The topological polar surface area (TPSA) is 17.8 Å². The predicted octanol–water partition coefficient (Wildman–Crippen LogP) is 3.44. The van der Waals surface area contributed by atoms with E-state index >= 15 is 0 Å². The van der Waals surface area contributed by atoms with Crippen LogP contribution in [0.15, 0.2) is 30.3 Å². The summed E-state index contributed by atoms with van der Waals surface area (Å²) in [5, 5.41) is 5.44. The van der Waals surface area contributed by atoms with E-state index in [9.17, 15) is 0 Å². The normalized spacial score (nSPS) is 10.7. The first kappa shape index (κ1) is 11.4. The van der Waals surface area contributed by atoms with Gasteiger partial charge < -0.3 is 0 Å². The van der Waals surface area contributed by atoms with Crippen LogP contribution in [0, 0.1) is 13.8 Å². The summed E-state index contributed by atoms with van der Waals surface area (Å²) >= 11 is 3.50. The molecule has 0 spiro atoms. The lowest BCUT2D eigenvalue weighted by atomic mass is 10.2. The molecule has 0 saturated heterocycles. The van der Waals surface area contributed by atoms with Crippen molar-refractivity contribution in [3.63, 3.8) is 0 Å². The summed E-state index contributed by atoms with van der Waals surface area (Å²) in [5.74, 6) is 0. The molecule has 0 bridgehead atoms. The molecule has 2 nitrogen and oxygen atoms in total. The van der Waals surface area contributed by atoms with E-state index in [4.69, 9.17) is 0 Å². The third-order valence-corrected chi connectivity index (χ3v) is 3.40. The number of nitrogens with zero attached hydrogens (tertiary/aromatic N) is 2. The second-order valence-corrected chi connectivity index (χ2v) is 4.49. The molecule has 0 saturated carbocycles. The molecule has 0 fully saturated rings. The molecular weight excluding hydrogens is 264 g/mol. The Bertz CT molecular complexity index is 474. The van der Waals surface area contributed by atoms with Crippen LogP contribution in [-0.4, -0.2) is 9.78 Å². The van der Waals surface area contributed by atoms with Gasteiger partial charge in [0.1, 0.15) is 0 Å². The Morgan fingerprint density at radius 1 is 1.19 bits per heavy atom. The van der Waals surface area contributed by atoms with Crippen molar-refractivity contribution in [2.75, 3.05) is 0 Å². The van der Waals surface area contributed by atoms with Crippen LogP contribution in [0.25, 0.3) is 0 Å². The van der Waals surface area contributed by atoms with Gasteiger partial charge in [-0.3, -0.25) is 4.68 Å². The minimum atomic E-state index is 0.848. The molecule has 1 aromatic heterocycles. The van der Waals surface area contributed by atoms with Gasteiger partial charge in [-0.1, -0.05) is 46.3 Å². The zero-order valence-electron chi connectivity index (χ0n) is 9.57. The van der Waals surface area contributed by atoms with Crippen molar-refractivity contribution in [3.8, 4) is 0 Å². The highest BCUT2D eigenvalue weighted by Crippen LogP contribution is 2.17. The number of benzene rings is 1. The fraction of sp³-hybridized carbons (Fsp3) is 0.308. The van der Waals surface area contributed by atoms with Gasteiger partial charge in [-0.25, -0.2) is 0 Å². The summed E-state index contributed by atoms with van der Waals surface area (Å²) in [7, 11) is 0. The molecule has 2 aromatic rings. The molecule has 1 aromatic carbocycles. The highest BCUT2D eigenvalue weighted by Gasteiger charge is 2.09. The van der Waals surface area contributed by atoms with E-state index in [-0.39, 0.29) is 0 Å². The standard InChI is InChI=1S/C13H15BrN2/c1-10-13(8-14)11(2)16(15-10)9-12-6-4-3-5-7-12/h3-7H,8-9H2,1-2H3. The van der Waals surface area contributed by atoms with Gasteiger partial charge in [0, 0.05) is 16.6 Å². The number of hydrogen-bond donors (Lipinski definition) is 0. The number of aromatic nitrogens is 2. The van der Waals surface area contributed by atoms with Gasteiger partial charge in [-0.15, -0.1) is 0 Å². The van der Waals surface area contributed by atoms with Crippen molar-refractivity contribution in [2.45, 2.75) is 25.7 Å². The summed E-state index contributed by atoms with van der Waals surface area (Å²) in [6.07, 6.45) is 0. The smallest absolute Gasteiger partial charge is 0.0662 e. The Morgan fingerprint density at radius 3 is 2.44 bits per heavy atom. The lowest BCUT2D eigenvalue weighted by Gasteiger charge is -2.04. The summed E-state index contributed by atoms with van der Waals surface area (Å²) in [4.78, 5) is 0. The summed E-state index contributed by atoms with van der Waals surface area (Å²) in [6, 6.07) is 10.4. The largest absolute Gasteiger partial charge is 0.265 e. The van der Waals surface area contributed by atoms with Crippen LogP contribution in [0.4, 0.5) is 0 Å². The van der Waals surface area contributed by atoms with Crippen molar-refractivity contribution in [1.82, 2.24) is 9.78 Å². The summed E-state index contributed by atoms with van der Waals surface area (Å²) in [5.41, 5.74) is 4.95. The van der Waals surface area contributed by atoms with Gasteiger partial charge in [0.2, 0.25) is 0 Å². The second kappa shape index (κ2) is 4.83. The van der Waals surface area contributed by atoms with Crippen LogP contribution in [0.3, 0.4) is 0 Å². The number of halogens is 1. The number of alkyl halides is 1. The van der Waals surface area contributed by atoms with Gasteiger partial charge in [0.05, 0.1) is 12.2 Å². The van der Waals surface area contributed by atoms with Crippen molar-refractivity contribution >= 4 is 15.9 Å². The van der Waals surface area contributed by atoms with E-state index in [0.29, 0.717) is 0 Å². The zero-order chi connectivity index (χ0) is 11.5. The monoisotopic (exact) mass is 278 g/mol. The second-order valence-electron chi connectivity index (χ2n) is 3.93. The Balaban J connectivity index is 2.29. The molecule has 0 atom stereocenters. The molecule has 0 unspecified atom stereocenters. The van der Waals surface area contributed by atoms with Crippen molar-refractivity contribution in [2.24, 2.45) is 0 Å². The Labute approximate surface area is 104 Å². The van der Waals surface area contributed by atoms with Crippen LogP contribution in [0.2, 0.25) is 0 Å². The maximum atomic E-state index is 4.56. The summed E-state index contributed by atoms with van der Waals surface area (Å²) in [6.45, 7) is 5.03. The van der Waals surface area contributed by atoms with Crippen LogP contribution < -0.4 is 0 Å². The van der Waals surface area contributed by atoms with Gasteiger partial charge in [0.25, 0.3) is 0 Å². The molecule has 0 N–H and O–H groups in total. The third-order valence-electron chi connectivity index (χ3n) is 2.84. The Kier molecular flexibility index (Phi) is 3.44. The fourth-order valence-electron chi connectivity index (χ4n) is 1.84. The Hall–Kier alpha value is -1.09. The van der Waals surface area contributed by atoms with Gasteiger partial charge in [0.15, 0.2) is 0 Å². The van der Waals surface area contributed by atoms with E-state index in [1.54, 1.807) is 0 Å². The van der Waals surface area contributed by atoms with E-state index in [0.717, 1.165) is 17.6 Å². The van der Waals surface area contributed by atoms with E-state index < -0.39 is 0 Å². The first-order valence-corrected chi connectivity index (χ1v) is 6.47. The maximum Gasteiger partial charge on any atom is 0.0662 e. The number of rotatable bonds is 3.